The second-order valence-electron chi connectivity index (χ2n) is 4.33. The standard InChI is InChI=1S/C12H21NO3/c1-3-11(14)13-8-9-6-4-5-7-10(9)12(15)16-2/h9-10H,3-8H2,1-2H3,(H,13,14). The monoisotopic (exact) mass is 227 g/mol. The number of hydrogen-bond acceptors (Lipinski definition) is 3. The van der Waals surface area contributed by atoms with Crippen LogP contribution in [0.4, 0.5) is 0 Å². The lowest BCUT2D eigenvalue weighted by atomic mass is 9.79. The Kier molecular flexibility index (Phi) is 5.29. The van der Waals surface area contributed by atoms with Gasteiger partial charge in [0.25, 0.3) is 0 Å². The van der Waals surface area contributed by atoms with Gasteiger partial charge in [0.15, 0.2) is 0 Å². The van der Waals surface area contributed by atoms with Gasteiger partial charge < -0.3 is 10.1 Å². The average Bonchev–Trinajstić information content (AvgIpc) is 2.35. The maximum absolute atomic E-state index is 11.6. The summed E-state index contributed by atoms with van der Waals surface area (Å²) in [7, 11) is 1.43. The third-order valence-corrected chi connectivity index (χ3v) is 3.30. The Labute approximate surface area is 96.7 Å². The number of methoxy groups -OCH3 is 1. The smallest absolute Gasteiger partial charge is 0.309 e. The number of rotatable bonds is 4. The van der Waals surface area contributed by atoms with E-state index < -0.39 is 0 Å². The molecule has 92 valence electrons. The van der Waals surface area contributed by atoms with Gasteiger partial charge in [-0.05, 0) is 18.8 Å². The predicted octanol–water partition coefficient (Wildman–Crippen LogP) is 1.49. The van der Waals surface area contributed by atoms with Crippen LogP contribution in [-0.4, -0.2) is 25.5 Å². The lowest BCUT2D eigenvalue weighted by molar-refractivity contribution is -0.148. The Balaban J connectivity index is 2.47. The summed E-state index contributed by atoms with van der Waals surface area (Å²) in [5.74, 6) is 0.136. The van der Waals surface area contributed by atoms with E-state index in [9.17, 15) is 9.59 Å². The van der Waals surface area contributed by atoms with E-state index in [2.05, 4.69) is 5.32 Å². The van der Waals surface area contributed by atoms with Gasteiger partial charge in [0.05, 0.1) is 13.0 Å². The molecular weight excluding hydrogens is 206 g/mol. The van der Waals surface area contributed by atoms with Crippen LogP contribution in [0, 0.1) is 11.8 Å². The molecule has 1 N–H and O–H groups in total. The number of carbonyl (C=O) groups excluding carboxylic acids is 2. The van der Waals surface area contributed by atoms with Crippen molar-refractivity contribution in [1.82, 2.24) is 5.32 Å². The van der Waals surface area contributed by atoms with Crippen molar-refractivity contribution in [2.45, 2.75) is 39.0 Å². The van der Waals surface area contributed by atoms with Crippen LogP contribution in [0.15, 0.2) is 0 Å². The van der Waals surface area contributed by atoms with E-state index >= 15 is 0 Å². The molecule has 0 aromatic heterocycles. The third-order valence-electron chi connectivity index (χ3n) is 3.30. The summed E-state index contributed by atoms with van der Waals surface area (Å²) >= 11 is 0. The molecule has 1 saturated carbocycles. The number of amides is 1. The highest BCUT2D eigenvalue weighted by Crippen LogP contribution is 2.30. The van der Waals surface area contributed by atoms with Crippen molar-refractivity contribution in [2.24, 2.45) is 11.8 Å². The normalized spacial score (nSPS) is 24.9. The average molecular weight is 227 g/mol. The predicted molar refractivity (Wildman–Crippen MR) is 60.8 cm³/mol. The van der Waals surface area contributed by atoms with E-state index in [0.717, 1.165) is 25.7 Å². The Hall–Kier alpha value is -1.06. The van der Waals surface area contributed by atoms with E-state index in [1.54, 1.807) is 0 Å². The number of carbonyl (C=O) groups is 2. The number of hydrogen-bond donors (Lipinski definition) is 1. The third kappa shape index (κ3) is 3.51. The molecular formula is C12H21NO3. The van der Waals surface area contributed by atoms with Gasteiger partial charge in [0.1, 0.15) is 0 Å². The molecule has 1 amide bonds. The molecule has 1 fully saturated rings. The van der Waals surface area contributed by atoms with Crippen molar-refractivity contribution in [1.29, 1.82) is 0 Å². The molecule has 0 aliphatic heterocycles. The first kappa shape index (κ1) is 13.0. The fraction of sp³-hybridized carbons (Fsp3) is 0.833. The van der Waals surface area contributed by atoms with Gasteiger partial charge in [0.2, 0.25) is 5.91 Å². The van der Waals surface area contributed by atoms with E-state index in [1.165, 1.54) is 7.11 Å². The molecule has 2 atom stereocenters. The van der Waals surface area contributed by atoms with Crippen LogP contribution in [0.5, 0.6) is 0 Å². The lowest BCUT2D eigenvalue weighted by Crippen LogP contribution is -2.37. The Bertz CT molecular complexity index is 253. The molecule has 0 heterocycles. The fourth-order valence-corrected chi connectivity index (χ4v) is 2.28. The molecule has 0 bridgehead atoms. The summed E-state index contributed by atoms with van der Waals surface area (Å²) in [6, 6.07) is 0. The summed E-state index contributed by atoms with van der Waals surface area (Å²) in [5.41, 5.74) is 0. The van der Waals surface area contributed by atoms with Crippen LogP contribution in [0.1, 0.15) is 39.0 Å². The van der Waals surface area contributed by atoms with Crippen molar-refractivity contribution in [3.8, 4) is 0 Å². The van der Waals surface area contributed by atoms with E-state index in [4.69, 9.17) is 4.74 Å². The van der Waals surface area contributed by atoms with Crippen molar-refractivity contribution >= 4 is 11.9 Å². The largest absolute Gasteiger partial charge is 0.469 e. The number of nitrogens with one attached hydrogen (secondary N) is 1. The van der Waals surface area contributed by atoms with Crippen molar-refractivity contribution in [2.75, 3.05) is 13.7 Å². The minimum Gasteiger partial charge on any atom is -0.469 e. The van der Waals surface area contributed by atoms with Crippen LogP contribution in [0.3, 0.4) is 0 Å². The van der Waals surface area contributed by atoms with Crippen LogP contribution in [-0.2, 0) is 14.3 Å². The molecule has 0 spiro atoms. The summed E-state index contributed by atoms with van der Waals surface area (Å²) in [6.07, 6.45) is 4.61. The zero-order valence-corrected chi connectivity index (χ0v) is 10.1. The van der Waals surface area contributed by atoms with Gasteiger partial charge in [-0.3, -0.25) is 9.59 Å². The van der Waals surface area contributed by atoms with Gasteiger partial charge in [-0.25, -0.2) is 0 Å². The molecule has 2 unspecified atom stereocenters. The van der Waals surface area contributed by atoms with E-state index in [1.807, 2.05) is 6.92 Å². The second kappa shape index (κ2) is 6.51. The van der Waals surface area contributed by atoms with Gasteiger partial charge in [0, 0.05) is 13.0 Å². The maximum atomic E-state index is 11.6. The fourth-order valence-electron chi connectivity index (χ4n) is 2.28. The zero-order valence-electron chi connectivity index (χ0n) is 10.1. The topological polar surface area (TPSA) is 55.4 Å². The minimum atomic E-state index is -0.129. The molecule has 0 aromatic carbocycles. The molecule has 4 heteroatoms. The van der Waals surface area contributed by atoms with Crippen molar-refractivity contribution in [3.63, 3.8) is 0 Å². The molecule has 1 rings (SSSR count). The summed E-state index contributed by atoms with van der Waals surface area (Å²) in [5, 5.41) is 2.86. The van der Waals surface area contributed by atoms with Gasteiger partial charge in [-0.15, -0.1) is 0 Å². The van der Waals surface area contributed by atoms with Crippen LogP contribution < -0.4 is 5.32 Å². The van der Waals surface area contributed by atoms with Gasteiger partial charge >= 0.3 is 5.97 Å². The molecule has 16 heavy (non-hydrogen) atoms. The molecule has 1 aliphatic carbocycles. The Morgan fingerprint density at radius 3 is 2.62 bits per heavy atom. The lowest BCUT2D eigenvalue weighted by Gasteiger charge is -2.29. The molecule has 0 radical (unpaired) electrons. The van der Waals surface area contributed by atoms with E-state index in [-0.39, 0.29) is 23.7 Å². The van der Waals surface area contributed by atoms with Crippen LogP contribution in [0.2, 0.25) is 0 Å². The first-order chi connectivity index (χ1) is 7.69. The first-order valence-corrected chi connectivity index (χ1v) is 6.03. The zero-order chi connectivity index (χ0) is 12.0. The Morgan fingerprint density at radius 1 is 1.31 bits per heavy atom. The van der Waals surface area contributed by atoms with Crippen molar-refractivity contribution < 1.29 is 14.3 Å². The quantitative estimate of drug-likeness (QED) is 0.740. The van der Waals surface area contributed by atoms with Crippen LogP contribution in [0.25, 0.3) is 0 Å². The molecule has 0 saturated heterocycles. The minimum absolute atomic E-state index is 0.0316. The highest BCUT2D eigenvalue weighted by Gasteiger charge is 2.31. The summed E-state index contributed by atoms with van der Waals surface area (Å²) in [6.45, 7) is 2.43. The SMILES string of the molecule is CCC(=O)NCC1CCCCC1C(=O)OC. The van der Waals surface area contributed by atoms with Gasteiger partial charge in [-0.2, -0.15) is 0 Å². The molecule has 4 nitrogen and oxygen atoms in total. The molecule has 0 aromatic rings. The number of ether oxygens (including phenoxy) is 1. The maximum Gasteiger partial charge on any atom is 0.309 e. The highest BCUT2D eigenvalue weighted by atomic mass is 16.5. The van der Waals surface area contributed by atoms with E-state index in [0.29, 0.717) is 13.0 Å². The Morgan fingerprint density at radius 2 is 2.00 bits per heavy atom. The number of esters is 1. The molecule has 1 aliphatic rings. The second-order valence-corrected chi connectivity index (χ2v) is 4.33. The first-order valence-electron chi connectivity index (χ1n) is 6.03. The summed E-state index contributed by atoms with van der Waals surface area (Å²) < 4.78 is 4.80. The highest BCUT2D eigenvalue weighted by molar-refractivity contribution is 5.76. The van der Waals surface area contributed by atoms with Crippen molar-refractivity contribution in [3.05, 3.63) is 0 Å². The van der Waals surface area contributed by atoms with Crippen LogP contribution >= 0.6 is 0 Å². The van der Waals surface area contributed by atoms with Gasteiger partial charge in [-0.1, -0.05) is 19.8 Å². The summed E-state index contributed by atoms with van der Waals surface area (Å²) in [4.78, 5) is 22.7.